The fraction of sp³-hybridized carbons (Fsp3) is 0.250. The average molecular weight is 319 g/mol. The number of rotatable bonds is 3. The van der Waals surface area contributed by atoms with Crippen LogP contribution in [0.5, 0.6) is 0 Å². The van der Waals surface area contributed by atoms with E-state index in [2.05, 4.69) is 10.7 Å². The zero-order valence-electron chi connectivity index (χ0n) is 12.6. The van der Waals surface area contributed by atoms with Gasteiger partial charge in [0.15, 0.2) is 0 Å². The number of anilines is 1. The molecule has 0 radical (unpaired) electrons. The summed E-state index contributed by atoms with van der Waals surface area (Å²) in [5.74, 6) is 0.105. The second-order valence-electron chi connectivity index (χ2n) is 4.53. The van der Waals surface area contributed by atoms with E-state index >= 15 is 0 Å². The molecule has 2 rings (SSSR count). The van der Waals surface area contributed by atoms with Crippen molar-refractivity contribution in [2.45, 2.75) is 0 Å². The fourth-order valence-electron chi connectivity index (χ4n) is 2.15. The lowest BCUT2D eigenvalue weighted by atomic mass is 10.1. The maximum Gasteiger partial charge on any atom is 0.355 e. The van der Waals surface area contributed by atoms with E-state index in [4.69, 9.17) is 15.9 Å². The number of benzene rings is 1. The molecule has 1 aromatic carbocycles. The molecule has 7 heteroatoms. The Morgan fingerprint density at radius 2 is 2.00 bits per heavy atom. The van der Waals surface area contributed by atoms with Crippen molar-refractivity contribution in [1.82, 2.24) is 0 Å². The van der Waals surface area contributed by atoms with Crippen LogP contribution in [0.1, 0.15) is 5.56 Å². The number of hydrogen-bond donors (Lipinski definition) is 0. The molecule has 1 heterocycles. The summed E-state index contributed by atoms with van der Waals surface area (Å²) in [5.41, 5.74) is 0.204. The molecule has 0 saturated heterocycles. The van der Waals surface area contributed by atoms with Crippen molar-refractivity contribution in [1.29, 1.82) is 0 Å². The quantitative estimate of drug-likeness (QED) is 0.616. The Kier molecular flexibility index (Phi) is 4.98. The summed E-state index contributed by atoms with van der Waals surface area (Å²) in [5, 5.41) is 0. The van der Waals surface area contributed by atoms with Crippen LogP contribution in [-0.4, -0.2) is 39.5 Å². The summed E-state index contributed by atoms with van der Waals surface area (Å²) < 4.78 is 28.9. The second-order valence-corrected chi connectivity index (χ2v) is 4.53. The zero-order chi connectivity index (χ0) is 17.0. The minimum absolute atomic E-state index is 0.0329. The van der Waals surface area contributed by atoms with E-state index in [0.717, 1.165) is 13.2 Å². The summed E-state index contributed by atoms with van der Waals surface area (Å²) in [6, 6.07) is 4.06. The van der Waals surface area contributed by atoms with Gasteiger partial charge < -0.3 is 19.1 Å². The van der Waals surface area contributed by atoms with Crippen molar-refractivity contribution >= 4 is 17.6 Å². The van der Waals surface area contributed by atoms with E-state index in [9.17, 15) is 14.0 Å². The van der Waals surface area contributed by atoms with Gasteiger partial charge in [-0.15, -0.1) is 6.42 Å². The number of hydrogen-bond acceptors (Lipinski definition) is 6. The molecular formula is C16H14FNO5. The predicted molar refractivity (Wildman–Crippen MR) is 78.7 cm³/mol. The molecule has 0 N–H and O–H groups in total. The van der Waals surface area contributed by atoms with Crippen LogP contribution in [0.4, 0.5) is 10.1 Å². The summed E-state index contributed by atoms with van der Waals surface area (Å²) in [7, 11) is 2.33. The van der Waals surface area contributed by atoms with Gasteiger partial charge in [-0.3, -0.25) is 0 Å². The Bertz CT molecular complexity index is 720. The molecule has 0 fully saturated rings. The highest BCUT2D eigenvalue weighted by Gasteiger charge is 2.33. The molecule has 23 heavy (non-hydrogen) atoms. The molecule has 0 saturated carbocycles. The zero-order valence-corrected chi connectivity index (χ0v) is 12.6. The SMILES string of the molecule is C#Cc1ccc(N2COCC(C(=O)OC)=C2C(=O)OC)c(F)c1. The Morgan fingerprint density at radius 3 is 2.57 bits per heavy atom. The average Bonchev–Trinajstić information content (AvgIpc) is 2.59. The number of nitrogens with zero attached hydrogens (tertiary/aromatic N) is 1. The number of esters is 2. The molecule has 0 spiro atoms. The molecule has 120 valence electrons. The highest BCUT2D eigenvalue weighted by atomic mass is 19.1. The van der Waals surface area contributed by atoms with Crippen LogP contribution in [0.2, 0.25) is 0 Å². The third-order valence-corrected chi connectivity index (χ3v) is 3.24. The smallest absolute Gasteiger partial charge is 0.355 e. The van der Waals surface area contributed by atoms with Crippen LogP contribution in [-0.2, 0) is 23.8 Å². The summed E-state index contributed by atoms with van der Waals surface area (Å²) in [6.45, 7) is -0.269. The molecule has 0 unspecified atom stereocenters. The molecule has 1 aromatic rings. The first-order chi connectivity index (χ1) is 11.0. The molecule has 0 bridgehead atoms. The van der Waals surface area contributed by atoms with Gasteiger partial charge in [0.05, 0.1) is 32.1 Å². The Labute approximate surface area is 132 Å². The number of carbonyl (C=O) groups excluding carboxylic acids is 2. The molecule has 1 aliphatic rings. The van der Waals surface area contributed by atoms with E-state index in [0.29, 0.717) is 5.56 Å². The van der Waals surface area contributed by atoms with Gasteiger partial charge in [0.2, 0.25) is 0 Å². The summed E-state index contributed by atoms with van der Waals surface area (Å²) in [4.78, 5) is 25.1. The van der Waals surface area contributed by atoms with Crippen LogP contribution in [0.25, 0.3) is 0 Å². The standard InChI is InChI=1S/C16H14FNO5/c1-4-10-5-6-13(12(17)7-10)18-9-23-8-11(15(19)21-2)14(18)16(20)22-3/h1,5-7H,8-9H2,2-3H3. The Hall–Kier alpha value is -2.85. The molecular weight excluding hydrogens is 305 g/mol. The minimum Gasteiger partial charge on any atom is -0.466 e. The predicted octanol–water partition coefficient (Wildman–Crippen LogP) is 1.20. The van der Waals surface area contributed by atoms with Gasteiger partial charge in [0.1, 0.15) is 18.2 Å². The van der Waals surface area contributed by atoms with Crippen molar-refractivity contribution in [3.05, 3.63) is 40.8 Å². The van der Waals surface area contributed by atoms with Crippen molar-refractivity contribution < 1.29 is 28.2 Å². The van der Waals surface area contributed by atoms with Crippen LogP contribution in [0.15, 0.2) is 29.5 Å². The van der Waals surface area contributed by atoms with E-state index in [1.807, 2.05) is 0 Å². The second kappa shape index (κ2) is 6.94. The Morgan fingerprint density at radius 1 is 1.30 bits per heavy atom. The highest BCUT2D eigenvalue weighted by Crippen LogP contribution is 2.29. The maximum atomic E-state index is 14.3. The fourth-order valence-corrected chi connectivity index (χ4v) is 2.15. The van der Waals surface area contributed by atoms with Gasteiger partial charge in [0, 0.05) is 5.56 Å². The van der Waals surface area contributed by atoms with Crippen LogP contribution < -0.4 is 4.90 Å². The molecule has 1 aliphatic heterocycles. The molecule has 0 aliphatic carbocycles. The van der Waals surface area contributed by atoms with Gasteiger partial charge in [-0.2, -0.15) is 0 Å². The van der Waals surface area contributed by atoms with Crippen molar-refractivity contribution in [3.63, 3.8) is 0 Å². The first-order valence-corrected chi connectivity index (χ1v) is 6.54. The first-order valence-electron chi connectivity index (χ1n) is 6.54. The lowest BCUT2D eigenvalue weighted by Crippen LogP contribution is -2.39. The highest BCUT2D eigenvalue weighted by molar-refractivity contribution is 6.03. The van der Waals surface area contributed by atoms with Gasteiger partial charge in [-0.25, -0.2) is 14.0 Å². The van der Waals surface area contributed by atoms with Crippen LogP contribution >= 0.6 is 0 Å². The Balaban J connectivity index is 2.58. The van der Waals surface area contributed by atoms with Crippen LogP contribution in [0.3, 0.4) is 0 Å². The number of terminal acetylenes is 1. The number of methoxy groups -OCH3 is 2. The third-order valence-electron chi connectivity index (χ3n) is 3.24. The van der Waals surface area contributed by atoms with E-state index < -0.39 is 17.8 Å². The molecule has 0 aromatic heterocycles. The summed E-state index contributed by atoms with van der Waals surface area (Å²) >= 11 is 0. The lowest BCUT2D eigenvalue weighted by Gasteiger charge is -2.31. The molecule has 0 atom stereocenters. The number of ether oxygens (including phenoxy) is 3. The van der Waals surface area contributed by atoms with Gasteiger partial charge in [-0.1, -0.05) is 5.92 Å². The maximum absolute atomic E-state index is 14.3. The van der Waals surface area contributed by atoms with E-state index in [-0.39, 0.29) is 30.3 Å². The topological polar surface area (TPSA) is 65.1 Å². The molecule has 6 nitrogen and oxygen atoms in total. The minimum atomic E-state index is -0.797. The van der Waals surface area contributed by atoms with Crippen molar-refractivity contribution in [2.24, 2.45) is 0 Å². The number of carbonyl (C=O) groups is 2. The van der Waals surface area contributed by atoms with Gasteiger partial charge in [-0.05, 0) is 18.2 Å². The monoisotopic (exact) mass is 319 g/mol. The third kappa shape index (κ3) is 3.17. The van der Waals surface area contributed by atoms with E-state index in [1.165, 1.54) is 24.1 Å². The van der Waals surface area contributed by atoms with Gasteiger partial charge >= 0.3 is 11.9 Å². The van der Waals surface area contributed by atoms with Crippen molar-refractivity contribution in [3.8, 4) is 12.3 Å². The lowest BCUT2D eigenvalue weighted by molar-refractivity contribution is -0.140. The van der Waals surface area contributed by atoms with Gasteiger partial charge in [0.25, 0.3) is 0 Å². The molecule has 0 amide bonds. The number of halogens is 1. The van der Waals surface area contributed by atoms with Crippen LogP contribution in [0, 0.1) is 18.2 Å². The van der Waals surface area contributed by atoms with E-state index in [1.54, 1.807) is 0 Å². The first kappa shape index (κ1) is 16.5. The summed E-state index contributed by atoms with van der Waals surface area (Å²) in [6.07, 6.45) is 5.22. The normalized spacial score (nSPS) is 14.3. The van der Waals surface area contributed by atoms with Crippen molar-refractivity contribution in [2.75, 3.05) is 32.5 Å². The largest absolute Gasteiger partial charge is 0.466 e.